The second-order valence-electron chi connectivity index (χ2n) is 6.14. The largest absolute Gasteiger partial charge is 0.492 e. The molecule has 28 heavy (non-hydrogen) atoms. The van der Waals surface area contributed by atoms with E-state index in [1.165, 1.54) is 12.1 Å². The molecular weight excluding hydrogens is 427 g/mol. The Balaban J connectivity index is 1.76. The number of fused-ring (bicyclic) bond motifs is 5. The molecule has 0 radical (unpaired) electrons. The van der Waals surface area contributed by atoms with E-state index < -0.39 is 11.7 Å². The third kappa shape index (κ3) is 3.82. The van der Waals surface area contributed by atoms with Gasteiger partial charge < -0.3 is 14.6 Å². The van der Waals surface area contributed by atoms with Gasteiger partial charge in [-0.2, -0.15) is 0 Å². The second-order valence-corrected chi connectivity index (χ2v) is 6.99. The Morgan fingerprint density at radius 1 is 1.25 bits per heavy atom. The number of hydrogen-bond donors (Lipinski definition) is 1. The Bertz CT molecular complexity index is 1060. The summed E-state index contributed by atoms with van der Waals surface area (Å²) in [6, 6.07) is 7.93. The van der Waals surface area contributed by atoms with Gasteiger partial charge in [0.25, 0.3) is 5.91 Å². The fraction of sp³-hybridized carbons (Fsp3) is 0.150. The van der Waals surface area contributed by atoms with Crippen LogP contribution in [0.2, 0.25) is 0 Å². The van der Waals surface area contributed by atoms with Crippen LogP contribution in [0.4, 0.5) is 10.2 Å². The van der Waals surface area contributed by atoms with Gasteiger partial charge in [-0.1, -0.05) is 18.2 Å². The summed E-state index contributed by atoms with van der Waals surface area (Å²) in [5.41, 5.74) is 0.865. The highest BCUT2D eigenvalue weighted by Crippen LogP contribution is 2.28. The predicted octanol–water partition coefficient (Wildman–Crippen LogP) is 4.44. The molecule has 4 rings (SSSR count). The Morgan fingerprint density at radius 2 is 2.14 bits per heavy atom. The minimum Gasteiger partial charge on any atom is -0.492 e. The summed E-state index contributed by atoms with van der Waals surface area (Å²) in [6.07, 6.45) is 8.18. The van der Waals surface area contributed by atoms with Crippen LogP contribution in [0.15, 0.2) is 59.4 Å². The molecule has 0 unspecified atom stereocenters. The van der Waals surface area contributed by atoms with E-state index in [0.29, 0.717) is 36.9 Å². The van der Waals surface area contributed by atoms with E-state index in [1.807, 2.05) is 29.0 Å². The molecule has 1 aromatic carbocycles. The van der Waals surface area contributed by atoms with Crippen LogP contribution in [0, 0.1) is 5.82 Å². The summed E-state index contributed by atoms with van der Waals surface area (Å²) in [5.74, 6) is 0.330. The molecule has 1 aliphatic heterocycles. The van der Waals surface area contributed by atoms with E-state index in [1.54, 1.807) is 18.3 Å². The van der Waals surface area contributed by atoms with Crippen molar-refractivity contribution >= 4 is 27.7 Å². The van der Waals surface area contributed by atoms with Gasteiger partial charge in [0.15, 0.2) is 5.82 Å². The molecular formula is C20H16BrFN4O2. The van der Waals surface area contributed by atoms with Crippen molar-refractivity contribution in [1.82, 2.24) is 14.5 Å². The average molecular weight is 443 g/mol. The molecule has 0 saturated heterocycles. The number of amides is 1. The maximum Gasteiger partial charge on any atom is 0.260 e. The molecule has 0 saturated carbocycles. The first-order valence-corrected chi connectivity index (χ1v) is 9.48. The van der Waals surface area contributed by atoms with Crippen LogP contribution in [0.5, 0.6) is 5.75 Å². The molecule has 1 N–H and O–H groups in total. The van der Waals surface area contributed by atoms with Crippen LogP contribution in [-0.2, 0) is 6.54 Å². The third-order valence-electron chi connectivity index (χ3n) is 4.21. The van der Waals surface area contributed by atoms with Gasteiger partial charge >= 0.3 is 0 Å². The standard InChI is InChI=1S/C20H16BrFN4O2/c21-14-11-13-17(12-15(14)22)28-10-3-1-2-8-26-9-7-23-19(26)16-5-4-6-18(24-16)25-20(13)27/h1-2,4-7,9,11-12H,3,8,10H2,(H,24,25,27)/b2-1+. The SMILES string of the molecule is O=C1Nc2cccc(n2)-c2nccn2C/C=C/CCOc2cc(F)c(Br)cc21. The van der Waals surface area contributed by atoms with Crippen molar-refractivity contribution < 1.29 is 13.9 Å². The lowest BCUT2D eigenvalue weighted by atomic mass is 10.1. The zero-order valence-electron chi connectivity index (χ0n) is 14.7. The van der Waals surface area contributed by atoms with Crippen molar-refractivity contribution in [3.8, 4) is 17.3 Å². The first kappa shape index (κ1) is 18.4. The van der Waals surface area contributed by atoms with Gasteiger partial charge in [-0.25, -0.2) is 14.4 Å². The highest BCUT2D eigenvalue weighted by molar-refractivity contribution is 9.10. The molecule has 0 aliphatic carbocycles. The van der Waals surface area contributed by atoms with E-state index >= 15 is 0 Å². The van der Waals surface area contributed by atoms with Crippen molar-refractivity contribution in [2.75, 3.05) is 11.9 Å². The minimum absolute atomic E-state index is 0.186. The zero-order valence-corrected chi connectivity index (χ0v) is 16.3. The predicted molar refractivity (Wildman–Crippen MR) is 107 cm³/mol. The number of anilines is 1. The van der Waals surface area contributed by atoms with E-state index in [4.69, 9.17) is 4.74 Å². The van der Waals surface area contributed by atoms with Gasteiger partial charge in [0.2, 0.25) is 0 Å². The number of nitrogens with one attached hydrogen (secondary N) is 1. The van der Waals surface area contributed by atoms with Crippen LogP contribution in [0.3, 0.4) is 0 Å². The highest BCUT2D eigenvalue weighted by Gasteiger charge is 2.18. The molecule has 3 aromatic rings. The summed E-state index contributed by atoms with van der Waals surface area (Å²) in [4.78, 5) is 21.7. The van der Waals surface area contributed by atoms with Crippen LogP contribution in [0.25, 0.3) is 11.5 Å². The number of nitrogens with zero attached hydrogens (tertiary/aromatic N) is 3. The molecule has 0 atom stereocenters. The number of carbonyl (C=O) groups is 1. The Labute approximate surface area is 169 Å². The molecule has 6 nitrogen and oxygen atoms in total. The third-order valence-corrected chi connectivity index (χ3v) is 4.82. The Hall–Kier alpha value is -3.00. The van der Waals surface area contributed by atoms with Crippen molar-refractivity contribution in [1.29, 1.82) is 0 Å². The van der Waals surface area contributed by atoms with E-state index in [0.717, 1.165) is 0 Å². The summed E-state index contributed by atoms with van der Waals surface area (Å²) >= 11 is 3.12. The molecule has 0 fully saturated rings. The molecule has 2 bridgehead atoms. The minimum atomic E-state index is -0.495. The smallest absolute Gasteiger partial charge is 0.260 e. The maximum absolute atomic E-state index is 14.0. The summed E-state index contributed by atoms with van der Waals surface area (Å²) in [5, 5.41) is 2.75. The van der Waals surface area contributed by atoms with E-state index in [-0.39, 0.29) is 15.8 Å². The number of halogens is 2. The molecule has 8 heteroatoms. The van der Waals surface area contributed by atoms with Crippen molar-refractivity contribution in [3.63, 3.8) is 0 Å². The Morgan fingerprint density at radius 3 is 3.04 bits per heavy atom. The quantitative estimate of drug-likeness (QED) is 0.522. The van der Waals surface area contributed by atoms with Crippen molar-refractivity contribution in [3.05, 3.63) is 70.7 Å². The first-order chi connectivity index (χ1) is 13.6. The van der Waals surface area contributed by atoms with Gasteiger partial charge in [-0.05, 0) is 40.5 Å². The van der Waals surface area contributed by atoms with E-state index in [2.05, 4.69) is 31.2 Å². The monoisotopic (exact) mass is 442 g/mol. The first-order valence-electron chi connectivity index (χ1n) is 8.68. The number of rotatable bonds is 0. The summed E-state index contributed by atoms with van der Waals surface area (Å²) in [6.45, 7) is 0.951. The number of aromatic nitrogens is 3. The fourth-order valence-electron chi connectivity index (χ4n) is 2.87. The number of benzene rings is 1. The summed E-state index contributed by atoms with van der Waals surface area (Å²) < 4.78 is 21.8. The molecule has 0 spiro atoms. The van der Waals surface area contributed by atoms with Gasteiger partial charge in [0.1, 0.15) is 23.1 Å². The van der Waals surface area contributed by atoms with Gasteiger partial charge in [-0.3, -0.25) is 4.79 Å². The van der Waals surface area contributed by atoms with E-state index in [9.17, 15) is 9.18 Å². The number of allylic oxidation sites excluding steroid dienone is 1. The maximum atomic E-state index is 14.0. The molecule has 1 aliphatic rings. The summed E-state index contributed by atoms with van der Waals surface area (Å²) in [7, 11) is 0. The van der Waals surface area contributed by atoms with Gasteiger partial charge in [0.05, 0.1) is 16.6 Å². The van der Waals surface area contributed by atoms with Crippen LogP contribution < -0.4 is 10.1 Å². The highest BCUT2D eigenvalue weighted by atomic mass is 79.9. The van der Waals surface area contributed by atoms with Crippen molar-refractivity contribution in [2.45, 2.75) is 13.0 Å². The van der Waals surface area contributed by atoms with Crippen molar-refractivity contribution in [2.24, 2.45) is 0 Å². The van der Waals surface area contributed by atoms with Gasteiger partial charge in [0, 0.05) is 25.0 Å². The number of pyridine rings is 1. The lowest BCUT2D eigenvalue weighted by molar-refractivity contribution is 0.102. The second kappa shape index (κ2) is 7.93. The average Bonchev–Trinajstić information content (AvgIpc) is 3.15. The van der Waals surface area contributed by atoms with Crippen LogP contribution >= 0.6 is 15.9 Å². The van der Waals surface area contributed by atoms with Gasteiger partial charge in [-0.15, -0.1) is 0 Å². The lowest BCUT2D eigenvalue weighted by Crippen LogP contribution is -2.15. The van der Waals surface area contributed by atoms with Crippen LogP contribution in [-0.4, -0.2) is 27.0 Å². The topological polar surface area (TPSA) is 69.0 Å². The number of carbonyl (C=O) groups excluding carboxylic acids is 1. The Kier molecular flexibility index (Phi) is 5.21. The zero-order chi connectivity index (χ0) is 19.5. The number of hydrogen-bond acceptors (Lipinski definition) is 4. The normalized spacial score (nSPS) is 15.3. The number of ether oxygens (including phenoxy) is 1. The molecule has 3 heterocycles. The lowest BCUT2D eigenvalue weighted by Gasteiger charge is -2.12. The molecule has 2 aromatic heterocycles. The fourth-order valence-corrected chi connectivity index (χ4v) is 3.21. The van der Waals surface area contributed by atoms with Crippen LogP contribution in [0.1, 0.15) is 16.8 Å². The number of imidazole rings is 1. The molecule has 142 valence electrons. The molecule has 1 amide bonds.